The Morgan fingerprint density at radius 1 is 1.04 bits per heavy atom. The van der Waals surface area contributed by atoms with Gasteiger partial charge in [0.25, 0.3) is 0 Å². The van der Waals surface area contributed by atoms with E-state index >= 15 is 0 Å². The molecule has 0 saturated carbocycles. The number of nitrogens with zero attached hydrogens (tertiary/aromatic N) is 4. The molecule has 0 radical (unpaired) electrons. The fourth-order valence-electron chi connectivity index (χ4n) is 3.02. The van der Waals surface area contributed by atoms with Crippen molar-refractivity contribution in [2.24, 2.45) is 0 Å². The van der Waals surface area contributed by atoms with Crippen molar-refractivity contribution in [2.45, 2.75) is 6.42 Å². The van der Waals surface area contributed by atoms with E-state index in [0.717, 1.165) is 25.6 Å². The van der Waals surface area contributed by atoms with Crippen LogP contribution in [0.5, 0.6) is 11.5 Å². The molecule has 7 nitrogen and oxygen atoms in total. The Balaban J connectivity index is 2.01. The van der Waals surface area contributed by atoms with Gasteiger partial charge in [-0.15, -0.1) is 0 Å². The predicted octanol–water partition coefficient (Wildman–Crippen LogP) is 2.78. The Morgan fingerprint density at radius 3 is 2.26 bits per heavy atom. The largest absolute Gasteiger partial charge is 0.494 e. The molecule has 1 fully saturated rings. The van der Waals surface area contributed by atoms with E-state index in [1.165, 1.54) is 26.5 Å². The lowest BCUT2D eigenvalue weighted by Crippen LogP contribution is -2.38. The molecule has 0 atom stereocenters. The summed E-state index contributed by atoms with van der Waals surface area (Å²) in [7, 11) is 2.60. The molecule has 9 heteroatoms. The van der Waals surface area contributed by atoms with Gasteiger partial charge >= 0.3 is 0 Å². The number of pyridine rings is 1. The molecule has 1 aliphatic rings. The summed E-state index contributed by atoms with van der Waals surface area (Å²) in [5, 5.41) is 0.580. The zero-order valence-electron chi connectivity index (χ0n) is 14.8. The third-order valence-corrected chi connectivity index (χ3v) is 4.55. The maximum absolute atomic E-state index is 14.9. The van der Waals surface area contributed by atoms with Crippen LogP contribution in [-0.2, 0) is 0 Å². The Kier molecular flexibility index (Phi) is 4.14. The summed E-state index contributed by atoms with van der Waals surface area (Å²) in [6.45, 7) is 1.56. The standard InChI is InChI=1S/C18H17F2N5O2/c1-26-11-7-12(27-2)15(20)13(14(11)19)10-6-9-8-22-18(21)24-16(9)17(23-10)25-4-3-5-25/h6-8H,3-5H2,1-2H3,(H2,21,22,24). The van der Waals surface area contributed by atoms with Crippen molar-refractivity contribution in [2.75, 3.05) is 37.9 Å². The number of methoxy groups -OCH3 is 2. The van der Waals surface area contributed by atoms with Crippen LogP contribution in [0, 0.1) is 11.6 Å². The molecule has 3 aromatic rings. The van der Waals surface area contributed by atoms with Crippen molar-refractivity contribution in [1.29, 1.82) is 0 Å². The van der Waals surface area contributed by atoms with Crippen LogP contribution in [0.15, 0.2) is 18.3 Å². The van der Waals surface area contributed by atoms with E-state index in [1.807, 2.05) is 4.90 Å². The zero-order valence-corrected chi connectivity index (χ0v) is 14.8. The second-order valence-electron chi connectivity index (χ2n) is 6.12. The summed E-state index contributed by atoms with van der Waals surface area (Å²) in [6, 6.07) is 2.69. The average molecular weight is 373 g/mol. The lowest BCUT2D eigenvalue weighted by molar-refractivity contribution is 0.359. The summed E-state index contributed by atoms with van der Waals surface area (Å²) in [4.78, 5) is 14.7. The second-order valence-corrected chi connectivity index (χ2v) is 6.12. The first-order chi connectivity index (χ1) is 13.0. The topological polar surface area (TPSA) is 86.4 Å². The minimum Gasteiger partial charge on any atom is -0.494 e. The highest BCUT2D eigenvalue weighted by atomic mass is 19.1. The van der Waals surface area contributed by atoms with Gasteiger partial charge in [0.05, 0.1) is 25.5 Å². The van der Waals surface area contributed by atoms with Gasteiger partial charge in [-0.3, -0.25) is 0 Å². The van der Waals surface area contributed by atoms with E-state index in [1.54, 1.807) is 0 Å². The van der Waals surface area contributed by atoms with Gasteiger partial charge in [0.15, 0.2) is 29.0 Å². The Bertz CT molecular complexity index is 1010. The Hall–Kier alpha value is -3.23. The number of benzene rings is 1. The van der Waals surface area contributed by atoms with Gasteiger partial charge in [-0.2, -0.15) is 0 Å². The fourth-order valence-corrected chi connectivity index (χ4v) is 3.02. The SMILES string of the molecule is COc1cc(OC)c(F)c(-c2cc3cnc(N)nc3c(N3CCC3)n2)c1F. The van der Waals surface area contributed by atoms with Crippen LogP contribution in [-0.4, -0.2) is 42.3 Å². The van der Waals surface area contributed by atoms with E-state index in [4.69, 9.17) is 15.2 Å². The van der Waals surface area contributed by atoms with E-state index < -0.39 is 11.6 Å². The quantitative estimate of drug-likeness (QED) is 0.752. The average Bonchev–Trinajstić information content (AvgIpc) is 2.61. The highest BCUT2D eigenvalue weighted by Crippen LogP contribution is 2.39. The van der Waals surface area contributed by atoms with Crippen LogP contribution in [0.3, 0.4) is 0 Å². The third-order valence-electron chi connectivity index (χ3n) is 4.55. The molecule has 4 rings (SSSR count). The van der Waals surface area contributed by atoms with Crippen molar-refractivity contribution >= 4 is 22.7 Å². The molecule has 0 bridgehead atoms. The van der Waals surface area contributed by atoms with E-state index in [0.29, 0.717) is 16.7 Å². The number of nitrogens with two attached hydrogens (primary N) is 1. The van der Waals surface area contributed by atoms with Crippen molar-refractivity contribution in [3.05, 3.63) is 30.0 Å². The molecule has 0 unspecified atom stereocenters. The highest BCUT2D eigenvalue weighted by Gasteiger charge is 2.26. The van der Waals surface area contributed by atoms with Crippen LogP contribution >= 0.6 is 0 Å². The lowest BCUT2D eigenvalue weighted by Gasteiger charge is -2.32. The molecule has 0 aliphatic carbocycles. The minimum atomic E-state index is -0.853. The normalized spacial score (nSPS) is 13.6. The molecule has 2 N–H and O–H groups in total. The van der Waals surface area contributed by atoms with Crippen LogP contribution in [0.25, 0.3) is 22.2 Å². The Labute approximate surface area is 153 Å². The highest BCUT2D eigenvalue weighted by molar-refractivity contribution is 5.92. The van der Waals surface area contributed by atoms with Crippen molar-refractivity contribution in [3.63, 3.8) is 0 Å². The molecular formula is C18H17F2N5O2. The van der Waals surface area contributed by atoms with Crippen molar-refractivity contribution < 1.29 is 18.3 Å². The number of anilines is 2. The zero-order chi connectivity index (χ0) is 19.1. The number of hydrogen-bond acceptors (Lipinski definition) is 7. The van der Waals surface area contributed by atoms with Crippen LogP contribution in [0.4, 0.5) is 20.5 Å². The minimum absolute atomic E-state index is 0.102. The number of rotatable bonds is 4. The van der Waals surface area contributed by atoms with Gasteiger partial charge in [0, 0.05) is 30.7 Å². The lowest BCUT2D eigenvalue weighted by atomic mass is 10.1. The molecule has 3 heterocycles. The molecule has 0 amide bonds. The first-order valence-electron chi connectivity index (χ1n) is 8.32. The first kappa shape index (κ1) is 17.2. The summed E-state index contributed by atoms with van der Waals surface area (Å²) in [5.74, 6) is -1.35. The smallest absolute Gasteiger partial charge is 0.220 e. The van der Waals surface area contributed by atoms with E-state index in [9.17, 15) is 8.78 Å². The van der Waals surface area contributed by atoms with Crippen LogP contribution < -0.4 is 20.1 Å². The molecular weight excluding hydrogens is 356 g/mol. The fraction of sp³-hybridized carbons (Fsp3) is 0.278. The summed E-state index contributed by atoms with van der Waals surface area (Å²) in [5.41, 5.74) is 6.02. The third kappa shape index (κ3) is 2.75. The number of hydrogen-bond donors (Lipinski definition) is 1. The predicted molar refractivity (Wildman–Crippen MR) is 97.0 cm³/mol. The van der Waals surface area contributed by atoms with E-state index in [2.05, 4.69) is 15.0 Å². The second kappa shape index (κ2) is 6.49. The number of ether oxygens (including phenoxy) is 2. The Morgan fingerprint density at radius 2 is 1.70 bits per heavy atom. The number of aromatic nitrogens is 3. The van der Waals surface area contributed by atoms with Crippen molar-refractivity contribution in [3.8, 4) is 22.8 Å². The number of nitrogen functional groups attached to an aromatic ring is 1. The molecule has 0 spiro atoms. The number of halogens is 2. The molecule has 1 aliphatic heterocycles. The van der Waals surface area contributed by atoms with Gasteiger partial charge in [-0.05, 0) is 12.5 Å². The van der Waals surface area contributed by atoms with Gasteiger partial charge in [-0.1, -0.05) is 0 Å². The number of fused-ring (bicyclic) bond motifs is 1. The monoisotopic (exact) mass is 373 g/mol. The molecule has 140 valence electrons. The maximum Gasteiger partial charge on any atom is 0.220 e. The molecule has 1 aromatic carbocycles. The van der Waals surface area contributed by atoms with Gasteiger partial charge in [0.2, 0.25) is 5.95 Å². The molecule has 1 saturated heterocycles. The summed E-state index contributed by atoms with van der Waals surface area (Å²) >= 11 is 0. The summed E-state index contributed by atoms with van der Waals surface area (Å²) in [6.07, 6.45) is 2.52. The van der Waals surface area contributed by atoms with E-state index in [-0.39, 0.29) is 28.7 Å². The van der Waals surface area contributed by atoms with Crippen LogP contribution in [0.2, 0.25) is 0 Å². The van der Waals surface area contributed by atoms with Gasteiger partial charge < -0.3 is 20.1 Å². The summed E-state index contributed by atoms with van der Waals surface area (Å²) < 4.78 is 39.8. The molecule has 27 heavy (non-hydrogen) atoms. The van der Waals surface area contributed by atoms with Gasteiger partial charge in [-0.25, -0.2) is 23.7 Å². The van der Waals surface area contributed by atoms with Crippen LogP contribution in [0.1, 0.15) is 6.42 Å². The van der Waals surface area contributed by atoms with Crippen molar-refractivity contribution in [1.82, 2.24) is 15.0 Å². The van der Waals surface area contributed by atoms with Gasteiger partial charge in [0.1, 0.15) is 5.52 Å². The maximum atomic E-state index is 14.9. The molecule has 2 aromatic heterocycles. The first-order valence-corrected chi connectivity index (χ1v) is 8.32.